The van der Waals surface area contributed by atoms with Gasteiger partial charge in [-0.15, -0.1) is 11.3 Å². The Balaban J connectivity index is 1.49. The van der Waals surface area contributed by atoms with Crippen LogP contribution in [0.5, 0.6) is 0 Å². The Morgan fingerprint density at radius 2 is 2.25 bits per heavy atom. The van der Waals surface area contributed by atoms with Crippen LogP contribution in [0.15, 0.2) is 36.2 Å². The van der Waals surface area contributed by atoms with Gasteiger partial charge in [-0.05, 0) is 44.3 Å². The molecule has 2 N–H and O–H groups in total. The van der Waals surface area contributed by atoms with Crippen molar-refractivity contribution in [3.8, 4) is 0 Å². The number of likely N-dealkylation sites (tertiary alicyclic amines) is 1. The average molecular weight is 347 g/mol. The van der Waals surface area contributed by atoms with E-state index in [9.17, 15) is 4.79 Å². The van der Waals surface area contributed by atoms with Crippen LogP contribution in [0.4, 0.5) is 4.79 Å². The number of aromatic nitrogens is 2. The van der Waals surface area contributed by atoms with Crippen LogP contribution in [0, 0.1) is 0 Å². The fourth-order valence-corrected chi connectivity index (χ4v) is 4.03. The highest BCUT2D eigenvalue weighted by molar-refractivity contribution is 7.10. The Morgan fingerprint density at radius 3 is 2.92 bits per heavy atom. The van der Waals surface area contributed by atoms with Crippen LogP contribution in [0.25, 0.3) is 0 Å². The van der Waals surface area contributed by atoms with Gasteiger partial charge in [0.05, 0.1) is 12.4 Å². The quantitative estimate of drug-likeness (QED) is 0.809. The summed E-state index contributed by atoms with van der Waals surface area (Å²) in [6.45, 7) is 5.58. The predicted octanol–water partition coefficient (Wildman–Crippen LogP) is 2.47. The second-order valence-electron chi connectivity index (χ2n) is 6.29. The standard InChI is InChI=1S/C17H25N5OS/c1-14(12-21-9-6-18-13-21)20-17(23)19-11-15(16-5-4-10-24-16)22-7-2-3-8-22/h4-6,9-10,13-15H,2-3,7-8,11-12H2,1H3,(H2,19,20,23)/t14-,15-/m1/s1. The first-order valence-corrected chi connectivity index (χ1v) is 9.38. The van der Waals surface area contributed by atoms with Gasteiger partial charge in [0, 0.05) is 36.4 Å². The molecule has 0 radical (unpaired) electrons. The molecule has 2 aromatic heterocycles. The molecule has 0 aromatic carbocycles. The number of nitrogens with zero attached hydrogens (tertiary/aromatic N) is 3. The minimum atomic E-state index is -0.108. The topological polar surface area (TPSA) is 62.2 Å². The third-order valence-electron chi connectivity index (χ3n) is 4.33. The first kappa shape index (κ1) is 17.0. The van der Waals surface area contributed by atoms with Gasteiger partial charge in [0.15, 0.2) is 0 Å². The van der Waals surface area contributed by atoms with E-state index in [0.29, 0.717) is 13.1 Å². The highest BCUT2D eigenvalue weighted by Crippen LogP contribution is 2.27. The van der Waals surface area contributed by atoms with Gasteiger partial charge in [-0.1, -0.05) is 6.07 Å². The number of rotatable bonds is 7. The summed E-state index contributed by atoms with van der Waals surface area (Å²) in [5, 5.41) is 8.15. The van der Waals surface area contributed by atoms with Crippen molar-refractivity contribution in [2.75, 3.05) is 19.6 Å². The lowest BCUT2D eigenvalue weighted by atomic mass is 10.2. The molecule has 2 aromatic rings. The van der Waals surface area contributed by atoms with Crippen molar-refractivity contribution in [1.29, 1.82) is 0 Å². The monoisotopic (exact) mass is 347 g/mol. The van der Waals surface area contributed by atoms with Gasteiger partial charge >= 0.3 is 6.03 Å². The molecule has 0 unspecified atom stereocenters. The van der Waals surface area contributed by atoms with Crippen LogP contribution < -0.4 is 10.6 Å². The van der Waals surface area contributed by atoms with Crippen molar-refractivity contribution in [3.63, 3.8) is 0 Å². The van der Waals surface area contributed by atoms with E-state index in [-0.39, 0.29) is 18.1 Å². The number of hydrogen-bond donors (Lipinski definition) is 2. The van der Waals surface area contributed by atoms with Crippen molar-refractivity contribution >= 4 is 17.4 Å². The van der Waals surface area contributed by atoms with Gasteiger partial charge in [-0.25, -0.2) is 9.78 Å². The Labute approximate surface area is 146 Å². The molecule has 1 aliphatic heterocycles. The van der Waals surface area contributed by atoms with Crippen molar-refractivity contribution in [2.24, 2.45) is 0 Å². The number of imidazole rings is 1. The van der Waals surface area contributed by atoms with E-state index >= 15 is 0 Å². The lowest BCUT2D eigenvalue weighted by Gasteiger charge is -2.27. The lowest BCUT2D eigenvalue weighted by Crippen LogP contribution is -2.45. The average Bonchev–Trinajstić information content (AvgIpc) is 3.31. The zero-order valence-corrected chi connectivity index (χ0v) is 14.8. The Hall–Kier alpha value is -1.86. The van der Waals surface area contributed by atoms with E-state index in [4.69, 9.17) is 0 Å². The van der Waals surface area contributed by atoms with Crippen molar-refractivity contribution < 1.29 is 4.79 Å². The van der Waals surface area contributed by atoms with Gasteiger partial charge < -0.3 is 15.2 Å². The normalized spacial score (nSPS) is 17.5. The van der Waals surface area contributed by atoms with Crippen molar-refractivity contribution in [2.45, 2.75) is 38.4 Å². The summed E-state index contributed by atoms with van der Waals surface area (Å²) in [6.07, 6.45) is 7.90. The maximum absolute atomic E-state index is 12.2. The third-order valence-corrected chi connectivity index (χ3v) is 5.30. The highest BCUT2D eigenvalue weighted by atomic mass is 32.1. The largest absolute Gasteiger partial charge is 0.336 e. The van der Waals surface area contributed by atoms with Crippen LogP contribution in [0.2, 0.25) is 0 Å². The van der Waals surface area contributed by atoms with Crippen LogP contribution in [-0.4, -0.2) is 46.2 Å². The number of carbonyl (C=O) groups is 1. The molecule has 3 rings (SSSR count). The third kappa shape index (κ3) is 4.58. The Kier molecular flexibility index (Phi) is 5.87. The molecule has 2 atom stereocenters. The first-order chi connectivity index (χ1) is 11.7. The molecular weight excluding hydrogens is 322 g/mol. The zero-order chi connectivity index (χ0) is 16.8. The summed E-state index contributed by atoms with van der Waals surface area (Å²) >= 11 is 1.76. The van der Waals surface area contributed by atoms with E-state index in [1.807, 2.05) is 17.7 Å². The minimum absolute atomic E-state index is 0.0474. The summed E-state index contributed by atoms with van der Waals surface area (Å²) in [6, 6.07) is 4.46. The van der Waals surface area contributed by atoms with E-state index in [1.54, 1.807) is 23.9 Å². The van der Waals surface area contributed by atoms with E-state index < -0.39 is 0 Å². The van der Waals surface area contributed by atoms with Crippen LogP contribution >= 0.6 is 11.3 Å². The van der Waals surface area contributed by atoms with E-state index in [1.165, 1.54) is 17.7 Å². The molecule has 3 heterocycles. The molecule has 1 saturated heterocycles. The number of nitrogens with one attached hydrogen (secondary N) is 2. The number of thiophene rings is 1. The number of hydrogen-bond acceptors (Lipinski definition) is 4. The molecule has 1 fully saturated rings. The summed E-state index contributed by atoms with van der Waals surface area (Å²) in [7, 11) is 0. The van der Waals surface area contributed by atoms with E-state index in [2.05, 4.69) is 38.0 Å². The first-order valence-electron chi connectivity index (χ1n) is 8.50. The zero-order valence-electron chi connectivity index (χ0n) is 14.0. The van der Waals surface area contributed by atoms with E-state index in [0.717, 1.165) is 13.1 Å². The van der Waals surface area contributed by atoms with Crippen LogP contribution in [-0.2, 0) is 6.54 Å². The van der Waals surface area contributed by atoms with Crippen LogP contribution in [0.3, 0.4) is 0 Å². The Morgan fingerprint density at radius 1 is 1.42 bits per heavy atom. The summed E-state index contributed by atoms with van der Waals surface area (Å²) < 4.78 is 1.96. The molecular formula is C17H25N5OS. The molecule has 0 bridgehead atoms. The molecule has 0 aliphatic carbocycles. The maximum atomic E-state index is 12.2. The number of carbonyl (C=O) groups excluding carboxylic acids is 1. The molecule has 6 nitrogen and oxygen atoms in total. The summed E-state index contributed by atoms with van der Waals surface area (Å²) in [5.41, 5.74) is 0. The molecule has 0 spiro atoms. The minimum Gasteiger partial charge on any atom is -0.336 e. The van der Waals surface area contributed by atoms with Gasteiger partial charge in [0.25, 0.3) is 0 Å². The fraction of sp³-hybridized carbons (Fsp3) is 0.529. The fourth-order valence-electron chi connectivity index (χ4n) is 3.16. The van der Waals surface area contributed by atoms with Gasteiger partial charge in [-0.2, -0.15) is 0 Å². The predicted molar refractivity (Wildman–Crippen MR) is 96.1 cm³/mol. The molecule has 2 amide bonds. The molecule has 7 heteroatoms. The van der Waals surface area contributed by atoms with Crippen molar-refractivity contribution in [1.82, 2.24) is 25.1 Å². The van der Waals surface area contributed by atoms with Gasteiger partial charge in [-0.3, -0.25) is 4.90 Å². The SMILES string of the molecule is C[C@H](Cn1ccnc1)NC(=O)NC[C@H](c1cccs1)N1CCCC1. The second-order valence-corrected chi connectivity index (χ2v) is 7.27. The van der Waals surface area contributed by atoms with Crippen LogP contribution in [0.1, 0.15) is 30.7 Å². The molecule has 0 saturated carbocycles. The molecule has 24 heavy (non-hydrogen) atoms. The maximum Gasteiger partial charge on any atom is 0.315 e. The number of urea groups is 1. The lowest BCUT2D eigenvalue weighted by molar-refractivity contribution is 0.219. The van der Waals surface area contributed by atoms with Gasteiger partial charge in [0.1, 0.15) is 0 Å². The molecule has 1 aliphatic rings. The summed E-state index contributed by atoms with van der Waals surface area (Å²) in [5.74, 6) is 0. The second kappa shape index (κ2) is 8.30. The van der Waals surface area contributed by atoms with Crippen molar-refractivity contribution in [3.05, 3.63) is 41.1 Å². The smallest absolute Gasteiger partial charge is 0.315 e. The summed E-state index contributed by atoms with van der Waals surface area (Å²) in [4.78, 5) is 20.0. The highest BCUT2D eigenvalue weighted by Gasteiger charge is 2.24. The molecule has 130 valence electrons. The number of amides is 2. The van der Waals surface area contributed by atoms with Gasteiger partial charge in [0.2, 0.25) is 0 Å². The Bertz CT molecular complexity index is 607.